The molecular formula is C30H29N7O4. The number of para-hydroxylation sites is 1. The number of aliphatic imine (C=N–C) groups is 1. The van der Waals surface area contributed by atoms with Gasteiger partial charge in [-0.25, -0.2) is 14.2 Å². The third-order valence-corrected chi connectivity index (χ3v) is 7.41. The van der Waals surface area contributed by atoms with Crippen molar-refractivity contribution in [3.05, 3.63) is 109 Å². The Morgan fingerprint density at radius 1 is 0.805 bits per heavy atom. The molecule has 208 valence electrons. The van der Waals surface area contributed by atoms with Crippen LogP contribution in [-0.2, 0) is 0 Å². The lowest BCUT2D eigenvalue weighted by molar-refractivity contribution is 0.430. The van der Waals surface area contributed by atoms with Crippen molar-refractivity contribution in [3.63, 3.8) is 0 Å². The molecule has 0 unspecified atom stereocenters. The zero-order valence-electron chi connectivity index (χ0n) is 22.6. The number of piperazine rings is 1. The van der Waals surface area contributed by atoms with Crippen molar-refractivity contribution in [1.29, 1.82) is 0 Å². The molecule has 2 aromatic heterocycles. The molecule has 5 aromatic rings. The van der Waals surface area contributed by atoms with Crippen LogP contribution >= 0.6 is 0 Å². The summed E-state index contributed by atoms with van der Waals surface area (Å²) in [6.45, 7) is 6.69. The van der Waals surface area contributed by atoms with Gasteiger partial charge in [0.15, 0.2) is 0 Å². The Labute approximate surface area is 234 Å². The zero-order valence-corrected chi connectivity index (χ0v) is 22.6. The molecule has 0 atom stereocenters. The highest BCUT2D eigenvalue weighted by Crippen LogP contribution is 2.33. The first-order valence-electron chi connectivity index (χ1n) is 13.3. The molecule has 3 aromatic carbocycles. The molecule has 0 amide bonds. The third kappa shape index (κ3) is 4.93. The summed E-state index contributed by atoms with van der Waals surface area (Å²) in [6.07, 6.45) is 1.25. The van der Waals surface area contributed by atoms with Crippen LogP contribution in [0, 0.1) is 13.8 Å². The minimum absolute atomic E-state index is 0.159. The van der Waals surface area contributed by atoms with Gasteiger partial charge < -0.3 is 24.9 Å². The van der Waals surface area contributed by atoms with E-state index in [0.717, 1.165) is 40.2 Å². The Morgan fingerprint density at radius 2 is 1.49 bits per heavy atom. The number of benzene rings is 3. The van der Waals surface area contributed by atoms with E-state index in [0.29, 0.717) is 35.5 Å². The molecule has 0 bridgehead atoms. The smallest absolute Gasteiger partial charge is 0.335 e. The monoisotopic (exact) mass is 551 g/mol. The molecule has 41 heavy (non-hydrogen) atoms. The number of aromatic nitrogens is 4. The Kier molecular flexibility index (Phi) is 6.54. The van der Waals surface area contributed by atoms with Gasteiger partial charge in [0.25, 0.3) is 5.56 Å². The third-order valence-electron chi connectivity index (χ3n) is 7.41. The number of imidazole rings is 1. The van der Waals surface area contributed by atoms with E-state index in [1.807, 2.05) is 50.2 Å². The second-order valence-electron chi connectivity index (χ2n) is 10.2. The predicted octanol–water partition coefficient (Wildman–Crippen LogP) is 3.10. The van der Waals surface area contributed by atoms with Gasteiger partial charge in [-0.2, -0.15) is 0 Å². The van der Waals surface area contributed by atoms with Crippen molar-refractivity contribution >= 4 is 34.3 Å². The summed E-state index contributed by atoms with van der Waals surface area (Å²) in [5.41, 5.74) is 3.74. The van der Waals surface area contributed by atoms with Crippen molar-refractivity contribution in [1.82, 2.24) is 19.5 Å². The number of fused-ring (bicyclic) bond motifs is 1. The van der Waals surface area contributed by atoms with Gasteiger partial charge in [-0.05, 0) is 55.3 Å². The Bertz CT molecular complexity index is 1960. The van der Waals surface area contributed by atoms with Crippen molar-refractivity contribution < 1.29 is 5.11 Å². The summed E-state index contributed by atoms with van der Waals surface area (Å²) in [6, 6.07) is 19.3. The van der Waals surface area contributed by atoms with Crippen LogP contribution in [0.2, 0.25) is 0 Å². The SMILES string of the molecule is Cc1ccc(C)c(-n2c(O)c(C=Nc3cc4[nH]c(=O)[nH]c4cc3N3CCN(c4ccccc4)CC3)c(=O)[nH]c2=O)c1. The standard InChI is InChI=1S/C30H29N7O4/c1-18-8-9-19(2)25(14-18)37-28(39)21(27(38)34-30(37)41)17-31-24-15-22-23(33-29(40)32-22)16-26(24)36-12-10-35(11-13-36)20-6-4-3-5-7-20/h3-9,14-17,39H,10-13H2,1-2H3,(H2,32,33,40)(H,34,38,41). The number of hydrogen-bond acceptors (Lipinski definition) is 7. The fourth-order valence-electron chi connectivity index (χ4n) is 5.23. The molecule has 0 radical (unpaired) electrons. The number of aromatic hydroxyl groups is 1. The first kappa shape index (κ1) is 25.9. The number of rotatable bonds is 5. The van der Waals surface area contributed by atoms with Gasteiger partial charge in [-0.3, -0.25) is 14.8 Å². The van der Waals surface area contributed by atoms with E-state index in [2.05, 4.69) is 41.9 Å². The molecule has 11 heteroatoms. The summed E-state index contributed by atoms with van der Waals surface area (Å²) in [4.78, 5) is 54.5. The topological polar surface area (TPSA) is 143 Å². The van der Waals surface area contributed by atoms with Crippen LogP contribution < -0.4 is 26.7 Å². The number of hydrogen-bond donors (Lipinski definition) is 4. The lowest BCUT2D eigenvalue weighted by Crippen LogP contribution is -2.46. The molecule has 6 rings (SSSR count). The number of aromatic amines is 3. The van der Waals surface area contributed by atoms with Crippen LogP contribution in [0.3, 0.4) is 0 Å². The summed E-state index contributed by atoms with van der Waals surface area (Å²) in [7, 11) is 0. The number of H-pyrrole nitrogens is 3. The van der Waals surface area contributed by atoms with Gasteiger partial charge in [0.1, 0.15) is 5.56 Å². The van der Waals surface area contributed by atoms with Crippen LogP contribution in [0.1, 0.15) is 16.7 Å². The maximum Gasteiger partial charge on any atom is 0.335 e. The molecule has 0 spiro atoms. The molecule has 11 nitrogen and oxygen atoms in total. The fourth-order valence-corrected chi connectivity index (χ4v) is 5.23. The molecule has 1 aliphatic heterocycles. The molecule has 4 N–H and O–H groups in total. The van der Waals surface area contributed by atoms with Gasteiger partial charge in [-0.1, -0.05) is 30.3 Å². The summed E-state index contributed by atoms with van der Waals surface area (Å²) >= 11 is 0. The van der Waals surface area contributed by atoms with Gasteiger partial charge in [-0.15, -0.1) is 0 Å². The highest BCUT2D eigenvalue weighted by atomic mass is 16.3. The number of nitrogens with zero attached hydrogens (tertiary/aromatic N) is 4. The van der Waals surface area contributed by atoms with E-state index >= 15 is 0 Å². The fraction of sp³-hybridized carbons (Fsp3) is 0.200. The first-order valence-corrected chi connectivity index (χ1v) is 13.3. The Balaban J connectivity index is 1.39. The minimum atomic E-state index is -0.757. The number of nitrogens with one attached hydrogen (secondary N) is 3. The van der Waals surface area contributed by atoms with Gasteiger partial charge in [0.2, 0.25) is 5.88 Å². The minimum Gasteiger partial charge on any atom is -0.493 e. The average molecular weight is 552 g/mol. The van der Waals surface area contributed by atoms with Crippen LogP contribution in [-0.4, -0.2) is 57.0 Å². The average Bonchev–Trinajstić information content (AvgIpc) is 3.33. The lowest BCUT2D eigenvalue weighted by atomic mass is 10.1. The molecule has 3 heterocycles. The zero-order chi connectivity index (χ0) is 28.7. The van der Waals surface area contributed by atoms with E-state index in [9.17, 15) is 19.5 Å². The maximum absolute atomic E-state index is 12.8. The van der Waals surface area contributed by atoms with Crippen molar-refractivity contribution in [2.24, 2.45) is 4.99 Å². The molecule has 1 saturated heterocycles. The van der Waals surface area contributed by atoms with Gasteiger partial charge >= 0.3 is 11.4 Å². The maximum atomic E-state index is 12.8. The summed E-state index contributed by atoms with van der Waals surface area (Å²) < 4.78 is 1.07. The van der Waals surface area contributed by atoms with Gasteiger partial charge in [0, 0.05) is 38.1 Å². The van der Waals surface area contributed by atoms with E-state index in [1.54, 1.807) is 12.1 Å². The number of anilines is 2. The molecular weight excluding hydrogens is 522 g/mol. The summed E-state index contributed by atoms with van der Waals surface area (Å²) in [5.74, 6) is -0.509. The lowest BCUT2D eigenvalue weighted by Gasteiger charge is -2.37. The largest absolute Gasteiger partial charge is 0.493 e. The predicted molar refractivity (Wildman–Crippen MR) is 161 cm³/mol. The van der Waals surface area contributed by atoms with Crippen molar-refractivity contribution in [2.45, 2.75) is 13.8 Å². The van der Waals surface area contributed by atoms with Crippen LogP contribution in [0.5, 0.6) is 5.88 Å². The summed E-state index contributed by atoms with van der Waals surface area (Å²) in [5, 5.41) is 11.1. The highest BCUT2D eigenvalue weighted by molar-refractivity contribution is 5.91. The molecule has 1 fully saturated rings. The number of aryl methyl sites for hydroxylation is 2. The highest BCUT2D eigenvalue weighted by Gasteiger charge is 2.21. The Morgan fingerprint density at radius 3 is 2.22 bits per heavy atom. The van der Waals surface area contributed by atoms with E-state index < -0.39 is 17.1 Å². The van der Waals surface area contributed by atoms with E-state index in [4.69, 9.17) is 0 Å². The van der Waals surface area contributed by atoms with Gasteiger partial charge in [0.05, 0.1) is 28.1 Å². The molecule has 0 aliphatic carbocycles. The quantitative estimate of drug-likeness (QED) is 0.247. The van der Waals surface area contributed by atoms with E-state index in [1.165, 1.54) is 6.21 Å². The first-order chi connectivity index (χ1) is 19.8. The van der Waals surface area contributed by atoms with Crippen molar-refractivity contribution in [2.75, 3.05) is 36.0 Å². The normalized spacial score (nSPS) is 13.9. The molecule has 1 aliphatic rings. The van der Waals surface area contributed by atoms with Crippen LogP contribution in [0.15, 0.2) is 80.0 Å². The van der Waals surface area contributed by atoms with Crippen molar-refractivity contribution in [3.8, 4) is 11.6 Å². The van der Waals surface area contributed by atoms with Crippen LogP contribution in [0.25, 0.3) is 16.7 Å². The second-order valence-corrected chi connectivity index (χ2v) is 10.2. The Hall–Kier alpha value is -5.32. The van der Waals surface area contributed by atoms with E-state index in [-0.39, 0.29) is 11.3 Å². The molecule has 0 saturated carbocycles. The van der Waals surface area contributed by atoms with Crippen LogP contribution in [0.4, 0.5) is 17.1 Å². The second kappa shape index (κ2) is 10.3.